The zero-order chi connectivity index (χ0) is 18.0. The Bertz CT molecular complexity index is 778. The zero-order valence-electron chi connectivity index (χ0n) is 14.5. The number of nitrogens with zero attached hydrogens (tertiary/aromatic N) is 2. The first-order chi connectivity index (χ1) is 11.9. The molecule has 1 aliphatic rings. The van der Waals surface area contributed by atoms with E-state index in [0.717, 1.165) is 30.1 Å². The first-order valence-electron chi connectivity index (χ1n) is 8.52. The summed E-state index contributed by atoms with van der Waals surface area (Å²) in [4.78, 5) is 19.1. The van der Waals surface area contributed by atoms with Gasteiger partial charge in [-0.15, -0.1) is 0 Å². The molecule has 0 atom stereocenters. The molecule has 2 aromatic rings. The third-order valence-electron chi connectivity index (χ3n) is 4.46. The van der Waals surface area contributed by atoms with E-state index in [0.29, 0.717) is 11.6 Å². The molecule has 1 fully saturated rings. The fourth-order valence-electron chi connectivity index (χ4n) is 3.13. The predicted octanol–water partition coefficient (Wildman–Crippen LogP) is 5.02. The first kappa shape index (κ1) is 18.4. The molecule has 25 heavy (non-hydrogen) atoms. The van der Waals surface area contributed by atoms with Gasteiger partial charge in [-0.25, -0.2) is 4.98 Å². The number of amides is 1. The lowest BCUT2D eigenvalue weighted by atomic mass is 10.2. The van der Waals surface area contributed by atoms with E-state index >= 15 is 0 Å². The Hall–Kier alpha value is -1.36. The fraction of sp³-hybridized carbons (Fsp3) is 0.368. The van der Waals surface area contributed by atoms with Crippen LogP contribution < -0.4 is 0 Å². The SMILES string of the molecule is C[Si](C)(Cc1ccccc1Cl)CN(C(=O)c1cccnc1Cl)C1CC1. The minimum Gasteiger partial charge on any atom is -0.338 e. The molecule has 0 unspecified atom stereocenters. The summed E-state index contributed by atoms with van der Waals surface area (Å²) in [6.45, 7) is 4.62. The largest absolute Gasteiger partial charge is 0.338 e. The maximum Gasteiger partial charge on any atom is 0.256 e. The Morgan fingerprint density at radius 1 is 1.20 bits per heavy atom. The third kappa shape index (κ3) is 4.63. The molecule has 3 rings (SSSR count). The lowest BCUT2D eigenvalue weighted by Crippen LogP contribution is -2.48. The number of pyridine rings is 1. The van der Waals surface area contributed by atoms with E-state index < -0.39 is 8.07 Å². The maximum absolute atomic E-state index is 13.0. The van der Waals surface area contributed by atoms with Crippen molar-refractivity contribution < 1.29 is 4.79 Å². The van der Waals surface area contributed by atoms with Gasteiger partial charge in [0.15, 0.2) is 0 Å². The van der Waals surface area contributed by atoms with Gasteiger partial charge in [0.25, 0.3) is 5.91 Å². The van der Waals surface area contributed by atoms with E-state index in [2.05, 4.69) is 24.1 Å². The quantitative estimate of drug-likeness (QED) is 0.510. The van der Waals surface area contributed by atoms with Crippen molar-refractivity contribution in [3.63, 3.8) is 0 Å². The summed E-state index contributed by atoms with van der Waals surface area (Å²) in [7, 11) is -1.72. The molecular weight excluding hydrogens is 371 g/mol. The summed E-state index contributed by atoms with van der Waals surface area (Å²) >= 11 is 12.5. The van der Waals surface area contributed by atoms with Crippen molar-refractivity contribution in [1.29, 1.82) is 0 Å². The molecule has 1 aromatic heterocycles. The van der Waals surface area contributed by atoms with Gasteiger partial charge in [-0.2, -0.15) is 0 Å². The van der Waals surface area contributed by atoms with Crippen molar-refractivity contribution in [1.82, 2.24) is 9.88 Å². The molecule has 1 saturated carbocycles. The summed E-state index contributed by atoms with van der Waals surface area (Å²) in [5.74, 6) is 0.000309. The van der Waals surface area contributed by atoms with Gasteiger partial charge in [0.05, 0.1) is 13.6 Å². The van der Waals surface area contributed by atoms with Gasteiger partial charge in [-0.05, 0) is 42.6 Å². The number of hydrogen-bond acceptors (Lipinski definition) is 2. The number of aromatic nitrogens is 1. The van der Waals surface area contributed by atoms with E-state index in [9.17, 15) is 4.79 Å². The number of halogens is 2. The predicted molar refractivity (Wildman–Crippen MR) is 106 cm³/mol. The highest BCUT2D eigenvalue weighted by Crippen LogP contribution is 2.31. The van der Waals surface area contributed by atoms with Crippen LogP contribution in [0, 0.1) is 0 Å². The number of benzene rings is 1. The van der Waals surface area contributed by atoms with Gasteiger partial charge in [-0.1, -0.05) is 54.5 Å². The Morgan fingerprint density at radius 3 is 2.56 bits per heavy atom. The van der Waals surface area contributed by atoms with E-state index in [1.54, 1.807) is 18.3 Å². The van der Waals surface area contributed by atoms with Crippen LogP contribution in [-0.4, -0.2) is 36.1 Å². The van der Waals surface area contributed by atoms with Gasteiger partial charge in [0.2, 0.25) is 0 Å². The standard InChI is InChI=1S/C19H22Cl2N2OSi/c1-25(2,12-14-6-3-4-8-17(14)20)13-23(15-9-10-15)19(24)16-7-5-11-22-18(16)21/h3-8,11,15H,9-10,12-13H2,1-2H3. The number of rotatable bonds is 6. The lowest BCUT2D eigenvalue weighted by Gasteiger charge is -2.32. The zero-order valence-corrected chi connectivity index (χ0v) is 17.0. The number of hydrogen-bond donors (Lipinski definition) is 0. The Kier molecular flexibility index (Phi) is 5.51. The Labute approximate surface area is 160 Å². The van der Waals surface area contributed by atoms with Gasteiger partial charge in [-0.3, -0.25) is 4.79 Å². The summed E-state index contributed by atoms with van der Waals surface area (Å²) in [5, 5.41) is 1.09. The maximum atomic E-state index is 13.0. The molecule has 1 heterocycles. The Balaban J connectivity index is 1.78. The minimum absolute atomic E-state index is 0.000309. The van der Waals surface area contributed by atoms with Crippen molar-refractivity contribution in [3.8, 4) is 0 Å². The smallest absolute Gasteiger partial charge is 0.256 e. The highest BCUT2D eigenvalue weighted by molar-refractivity contribution is 6.77. The van der Waals surface area contributed by atoms with Gasteiger partial charge < -0.3 is 4.90 Å². The molecule has 0 aliphatic heterocycles. The van der Waals surface area contributed by atoms with Gasteiger partial charge >= 0.3 is 0 Å². The first-order valence-corrected chi connectivity index (χ1v) is 12.7. The molecule has 0 spiro atoms. The molecule has 1 aromatic carbocycles. The minimum atomic E-state index is -1.72. The van der Waals surface area contributed by atoms with Crippen LogP contribution in [0.2, 0.25) is 23.3 Å². The fourth-order valence-corrected chi connectivity index (χ4v) is 6.42. The molecule has 0 radical (unpaired) electrons. The van der Waals surface area contributed by atoms with Crippen LogP contribution in [0.5, 0.6) is 0 Å². The van der Waals surface area contributed by atoms with Crippen LogP contribution in [-0.2, 0) is 6.04 Å². The normalized spacial score (nSPS) is 14.4. The molecule has 132 valence electrons. The summed E-state index contributed by atoms with van der Waals surface area (Å²) in [6, 6.07) is 12.8. The van der Waals surface area contributed by atoms with Crippen LogP contribution in [0.15, 0.2) is 42.6 Å². The second-order valence-corrected chi connectivity index (χ2v) is 13.2. The summed E-state index contributed by atoms with van der Waals surface area (Å²) in [6.07, 6.45) is 4.55. The topological polar surface area (TPSA) is 33.2 Å². The molecular formula is C19H22Cl2N2OSi. The average Bonchev–Trinajstić information content (AvgIpc) is 3.39. The molecule has 0 N–H and O–H groups in total. The molecule has 0 bridgehead atoms. The van der Waals surface area contributed by atoms with Crippen molar-refractivity contribution in [3.05, 3.63) is 63.9 Å². The van der Waals surface area contributed by atoms with E-state index in [-0.39, 0.29) is 11.1 Å². The van der Waals surface area contributed by atoms with Crippen LogP contribution in [0.4, 0.5) is 0 Å². The molecule has 1 aliphatic carbocycles. The van der Waals surface area contributed by atoms with Crippen molar-refractivity contribution in [2.24, 2.45) is 0 Å². The highest BCUT2D eigenvalue weighted by Gasteiger charge is 2.38. The van der Waals surface area contributed by atoms with Crippen molar-refractivity contribution >= 4 is 37.2 Å². The van der Waals surface area contributed by atoms with Gasteiger partial charge in [0, 0.05) is 23.4 Å². The summed E-state index contributed by atoms with van der Waals surface area (Å²) in [5.41, 5.74) is 1.67. The van der Waals surface area contributed by atoms with Crippen molar-refractivity contribution in [2.45, 2.75) is 38.0 Å². The van der Waals surface area contributed by atoms with E-state index in [4.69, 9.17) is 23.2 Å². The van der Waals surface area contributed by atoms with Crippen LogP contribution >= 0.6 is 23.2 Å². The lowest BCUT2D eigenvalue weighted by molar-refractivity contribution is 0.0768. The van der Waals surface area contributed by atoms with Crippen LogP contribution in [0.3, 0.4) is 0 Å². The number of carbonyl (C=O) groups is 1. The summed E-state index contributed by atoms with van der Waals surface area (Å²) < 4.78 is 0. The van der Waals surface area contributed by atoms with Gasteiger partial charge in [0.1, 0.15) is 5.15 Å². The van der Waals surface area contributed by atoms with Crippen molar-refractivity contribution in [2.75, 3.05) is 6.17 Å². The van der Waals surface area contributed by atoms with E-state index in [1.165, 1.54) is 5.56 Å². The average molecular weight is 393 g/mol. The molecule has 1 amide bonds. The van der Waals surface area contributed by atoms with Crippen LogP contribution in [0.25, 0.3) is 0 Å². The molecule has 3 nitrogen and oxygen atoms in total. The van der Waals surface area contributed by atoms with E-state index in [1.807, 2.05) is 23.1 Å². The Morgan fingerprint density at radius 2 is 1.92 bits per heavy atom. The van der Waals surface area contributed by atoms with Crippen LogP contribution in [0.1, 0.15) is 28.8 Å². The molecule has 0 saturated heterocycles. The second kappa shape index (κ2) is 7.48. The highest BCUT2D eigenvalue weighted by atomic mass is 35.5. The second-order valence-electron chi connectivity index (χ2n) is 7.44. The molecule has 6 heteroatoms. The monoisotopic (exact) mass is 392 g/mol. The third-order valence-corrected chi connectivity index (χ3v) is 7.67. The number of carbonyl (C=O) groups excluding carboxylic acids is 1.